The van der Waals surface area contributed by atoms with Crippen LogP contribution in [0.2, 0.25) is 0 Å². The molecule has 2 fully saturated rings. The van der Waals surface area contributed by atoms with Crippen molar-refractivity contribution in [1.29, 1.82) is 0 Å². The quantitative estimate of drug-likeness (QED) is 0.178. The predicted molar refractivity (Wildman–Crippen MR) is 165 cm³/mol. The molecule has 3 heterocycles. The largest absolute Gasteiger partial charge is 0.412 e. The fourth-order valence-electron chi connectivity index (χ4n) is 5.58. The van der Waals surface area contributed by atoms with Crippen molar-refractivity contribution in [3.63, 3.8) is 0 Å². The number of pyridine rings is 1. The molecule has 4 N–H and O–H groups in total. The van der Waals surface area contributed by atoms with Crippen molar-refractivity contribution in [2.24, 2.45) is 0 Å². The molecule has 0 aliphatic heterocycles. The summed E-state index contributed by atoms with van der Waals surface area (Å²) in [5.41, 5.74) is 1.49. The molecule has 44 heavy (non-hydrogen) atoms. The lowest BCUT2D eigenvalue weighted by Gasteiger charge is -2.29. The molecule has 3 aromatic heterocycles. The summed E-state index contributed by atoms with van der Waals surface area (Å²) < 4.78 is 21.3. The van der Waals surface area contributed by atoms with E-state index in [2.05, 4.69) is 36.3 Å². The van der Waals surface area contributed by atoms with Crippen LogP contribution in [0.5, 0.6) is 5.75 Å². The lowest BCUT2D eigenvalue weighted by Crippen LogP contribution is -2.41. The molecule has 11 nitrogen and oxygen atoms in total. The van der Waals surface area contributed by atoms with E-state index in [1.807, 2.05) is 42.5 Å². The maximum Gasteiger partial charge on any atom is 0.412 e. The molecule has 5 aromatic rings. The van der Waals surface area contributed by atoms with Crippen molar-refractivity contribution < 1.29 is 18.7 Å². The molecule has 0 spiro atoms. The maximum absolute atomic E-state index is 14.1. The number of nitrogens with one attached hydrogen (secondary N) is 4. The molecule has 0 radical (unpaired) electrons. The van der Waals surface area contributed by atoms with E-state index in [1.54, 1.807) is 6.07 Å². The van der Waals surface area contributed by atoms with Gasteiger partial charge in [0.05, 0.1) is 23.8 Å². The number of benzene rings is 2. The number of imidazole rings is 1. The zero-order valence-corrected chi connectivity index (χ0v) is 23.8. The molecular weight excluding hydrogens is 563 g/mol. The summed E-state index contributed by atoms with van der Waals surface area (Å²) in [7, 11) is 0. The van der Waals surface area contributed by atoms with Crippen LogP contribution in [0, 0.1) is 5.82 Å². The Hall–Kier alpha value is -5.26. The second-order valence-corrected chi connectivity index (χ2v) is 11.3. The molecule has 0 unspecified atom stereocenters. The van der Waals surface area contributed by atoms with Crippen LogP contribution < -0.4 is 26.0 Å². The van der Waals surface area contributed by atoms with E-state index in [9.17, 15) is 14.0 Å². The highest BCUT2D eigenvalue weighted by molar-refractivity contribution is 6.03. The normalized spacial score (nSPS) is 18.1. The highest BCUT2D eigenvalue weighted by atomic mass is 19.1. The summed E-state index contributed by atoms with van der Waals surface area (Å²) in [6.45, 7) is 0. The standard InChI is InChI=1S/C32H31FN8O3/c33-24-17-34-15-14-25(24)39-31(42)27-18-35-30-26(36-20-8-9-20)16-29(40-41(27)30)37-21-10-12-22(13-11-21)38-32(43)44-28-7-3-5-19-4-1-2-6-23(19)28/h1-7,14-18,20-22,36H,8-13H2,(H,37,40)(H,38,43)(H,34,39,42). The van der Waals surface area contributed by atoms with Gasteiger partial charge in [-0.05, 0) is 56.0 Å². The number of anilines is 3. The van der Waals surface area contributed by atoms with Crippen LogP contribution in [-0.2, 0) is 0 Å². The number of nitrogens with zero attached hydrogens (tertiary/aromatic N) is 4. The highest BCUT2D eigenvalue weighted by Crippen LogP contribution is 2.30. The van der Waals surface area contributed by atoms with Crippen molar-refractivity contribution in [2.45, 2.75) is 56.7 Å². The van der Waals surface area contributed by atoms with E-state index >= 15 is 0 Å². The number of carbonyl (C=O) groups excluding carboxylic acids is 2. The minimum absolute atomic E-state index is 0.00408. The third kappa shape index (κ3) is 5.96. The van der Waals surface area contributed by atoms with Gasteiger partial charge in [0.25, 0.3) is 5.91 Å². The Balaban J connectivity index is 1.01. The SMILES string of the molecule is O=C(NC1CCC(Nc2cc(NC3CC3)c3ncc(C(=O)Nc4ccncc4F)n3n2)CC1)Oc1cccc2ccccc12. The van der Waals surface area contributed by atoms with Gasteiger partial charge >= 0.3 is 6.09 Å². The Bertz CT molecular complexity index is 1840. The topological polar surface area (TPSA) is 135 Å². The van der Waals surface area contributed by atoms with Gasteiger partial charge in [-0.3, -0.25) is 9.78 Å². The summed E-state index contributed by atoms with van der Waals surface area (Å²) in [6.07, 6.45) is 8.71. The monoisotopic (exact) mass is 594 g/mol. The van der Waals surface area contributed by atoms with Crippen molar-refractivity contribution in [2.75, 3.05) is 16.0 Å². The second-order valence-electron chi connectivity index (χ2n) is 11.3. The maximum atomic E-state index is 14.1. The molecule has 0 atom stereocenters. The Morgan fingerprint density at radius 1 is 0.864 bits per heavy atom. The first-order chi connectivity index (χ1) is 21.5. The van der Waals surface area contributed by atoms with Gasteiger partial charge < -0.3 is 26.0 Å². The van der Waals surface area contributed by atoms with Crippen molar-refractivity contribution in [3.05, 3.63) is 84.7 Å². The Morgan fingerprint density at radius 2 is 1.61 bits per heavy atom. The number of aromatic nitrogens is 4. The van der Waals surface area contributed by atoms with Gasteiger partial charge in [-0.15, -0.1) is 5.10 Å². The van der Waals surface area contributed by atoms with Gasteiger partial charge in [-0.1, -0.05) is 36.4 Å². The van der Waals surface area contributed by atoms with Crippen molar-refractivity contribution in [1.82, 2.24) is 24.9 Å². The fraction of sp³-hybridized carbons (Fsp3) is 0.281. The lowest BCUT2D eigenvalue weighted by molar-refractivity contribution is 0.102. The fourth-order valence-corrected chi connectivity index (χ4v) is 5.58. The number of rotatable bonds is 8. The van der Waals surface area contributed by atoms with Gasteiger partial charge in [-0.2, -0.15) is 0 Å². The molecule has 2 aliphatic rings. The number of amides is 2. The van der Waals surface area contributed by atoms with E-state index in [0.29, 0.717) is 23.3 Å². The summed E-state index contributed by atoms with van der Waals surface area (Å²) >= 11 is 0. The third-order valence-electron chi connectivity index (χ3n) is 8.01. The van der Waals surface area contributed by atoms with Gasteiger partial charge in [-0.25, -0.2) is 18.7 Å². The number of fused-ring (bicyclic) bond motifs is 2. The van der Waals surface area contributed by atoms with Crippen LogP contribution in [0.1, 0.15) is 49.0 Å². The van der Waals surface area contributed by atoms with Gasteiger partial charge in [0.2, 0.25) is 0 Å². The molecule has 2 aliphatic carbocycles. The molecule has 12 heteroatoms. The first kappa shape index (κ1) is 27.6. The zero-order valence-electron chi connectivity index (χ0n) is 23.8. The van der Waals surface area contributed by atoms with E-state index in [4.69, 9.17) is 4.74 Å². The molecule has 2 saturated carbocycles. The van der Waals surface area contributed by atoms with Crippen molar-refractivity contribution >= 4 is 45.6 Å². The van der Waals surface area contributed by atoms with Gasteiger partial charge in [0.15, 0.2) is 17.2 Å². The minimum atomic E-state index is -0.631. The average molecular weight is 595 g/mol. The number of halogens is 1. The van der Waals surface area contributed by atoms with Crippen LogP contribution in [-0.4, -0.2) is 49.7 Å². The van der Waals surface area contributed by atoms with Gasteiger partial charge in [0.1, 0.15) is 11.6 Å². The molecule has 0 saturated heterocycles. The summed E-state index contributed by atoms with van der Waals surface area (Å²) in [5, 5.41) is 19.2. The Labute approximate surface area is 252 Å². The average Bonchev–Trinajstić information content (AvgIpc) is 3.74. The molecule has 224 valence electrons. The second kappa shape index (κ2) is 11.8. The van der Waals surface area contributed by atoms with Crippen LogP contribution in [0.4, 0.5) is 26.4 Å². The summed E-state index contributed by atoms with van der Waals surface area (Å²) in [4.78, 5) is 34.0. The molecule has 7 rings (SSSR count). The third-order valence-corrected chi connectivity index (χ3v) is 8.01. The van der Waals surface area contributed by atoms with Crippen molar-refractivity contribution in [3.8, 4) is 5.75 Å². The van der Waals surface area contributed by atoms with E-state index in [0.717, 1.165) is 61.2 Å². The van der Waals surface area contributed by atoms with Crippen LogP contribution in [0.15, 0.2) is 73.2 Å². The molecular formula is C32H31FN8O3. The molecule has 2 amide bonds. The lowest BCUT2D eigenvalue weighted by atomic mass is 9.91. The van der Waals surface area contributed by atoms with E-state index in [-0.39, 0.29) is 23.5 Å². The van der Waals surface area contributed by atoms with Gasteiger partial charge in [0, 0.05) is 35.8 Å². The minimum Gasteiger partial charge on any atom is -0.410 e. The van der Waals surface area contributed by atoms with E-state index < -0.39 is 17.8 Å². The van der Waals surface area contributed by atoms with Crippen LogP contribution in [0.25, 0.3) is 16.4 Å². The highest BCUT2D eigenvalue weighted by Gasteiger charge is 2.27. The van der Waals surface area contributed by atoms with E-state index in [1.165, 1.54) is 23.0 Å². The molecule has 0 bridgehead atoms. The molecule has 2 aromatic carbocycles. The zero-order chi connectivity index (χ0) is 30.0. The predicted octanol–water partition coefficient (Wildman–Crippen LogP) is 5.75. The summed E-state index contributed by atoms with van der Waals surface area (Å²) in [5.74, 6) is -0.0411. The van der Waals surface area contributed by atoms with Crippen LogP contribution in [0.3, 0.4) is 0 Å². The van der Waals surface area contributed by atoms with Crippen LogP contribution >= 0.6 is 0 Å². The first-order valence-corrected chi connectivity index (χ1v) is 14.8. The summed E-state index contributed by atoms with van der Waals surface area (Å²) in [6, 6.07) is 17.2. The first-order valence-electron chi connectivity index (χ1n) is 14.8. The number of ether oxygens (including phenoxy) is 1. The number of carbonyl (C=O) groups is 2. The Kier molecular flexibility index (Phi) is 7.38. The number of hydrogen-bond acceptors (Lipinski definition) is 8. The number of hydrogen-bond donors (Lipinski definition) is 4. The smallest absolute Gasteiger partial charge is 0.410 e. The Morgan fingerprint density at radius 3 is 2.43 bits per heavy atom.